The predicted molar refractivity (Wildman–Crippen MR) is 112 cm³/mol. The lowest BCUT2D eigenvalue weighted by Crippen LogP contribution is -2.28. The van der Waals surface area contributed by atoms with Gasteiger partial charge >= 0.3 is 5.76 Å². The van der Waals surface area contributed by atoms with Gasteiger partial charge in [0.15, 0.2) is 5.58 Å². The second kappa shape index (κ2) is 7.64. The van der Waals surface area contributed by atoms with Crippen LogP contribution in [0.25, 0.3) is 22.4 Å². The maximum Gasteiger partial charge on any atom is 0.419 e. The van der Waals surface area contributed by atoms with Gasteiger partial charge in [0.05, 0.1) is 11.2 Å². The van der Waals surface area contributed by atoms with Crippen LogP contribution in [0.15, 0.2) is 76.3 Å². The van der Waals surface area contributed by atoms with Gasteiger partial charge in [-0.2, -0.15) is 0 Å². The molecule has 3 aromatic heterocycles. The minimum Gasteiger partial charge on any atom is -0.408 e. The lowest BCUT2D eigenvalue weighted by atomic mass is 9.98. The SMILES string of the molecule is O=c1oc2ccccc2n1CCN1CCC(c2ccnc(-c3ccncc3)c2)C1. The standard InChI is InChI=1S/C23H22N4O2/c28-23-27(21-3-1-2-4-22(21)29-23)14-13-26-12-8-19(16-26)18-7-11-25-20(15-18)17-5-9-24-10-6-17/h1-7,9-11,15,19H,8,12-14,16H2. The first kappa shape index (κ1) is 17.8. The molecular formula is C23H22N4O2. The number of hydrogen-bond donors (Lipinski definition) is 0. The lowest BCUT2D eigenvalue weighted by Gasteiger charge is -2.16. The van der Waals surface area contributed by atoms with Gasteiger partial charge in [-0.1, -0.05) is 12.1 Å². The minimum absolute atomic E-state index is 0.280. The van der Waals surface area contributed by atoms with Crippen molar-refractivity contribution in [3.8, 4) is 11.3 Å². The van der Waals surface area contributed by atoms with Crippen molar-refractivity contribution in [1.29, 1.82) is 0 Å². The zero-order chi connectivity index (χ0) is 19.6. The van der Waals surface area contributed by atoms with E-state index in [4.69, 9.17) is 4.42 Å². The van der Waals surface area contributed by atoms with Crippen LogP contribution in [-0.2, 0) is 6.54 Å². The summed E-state index contributed by atoms with van der Waals surface area (Å²) in [5.74, 6) is 0.203. The molecule has 0 bridgehead atoms. The fourth-order valence-corrected chi connectivity index (χ4v) is 4.16. The summed E-state index contributed by atoms with van der Waals surface area (Å²) in [6.07, 6.45) is 6.59. The van der Waals surface area contributed by atoms with Gasteiger partial charge in [-0.25, -0.2) is 4.79 Å². The topological polar surface area (TPSA) is 64.2 Å². The number of nitrogens with zero attached hydrogens (tertiary/aromatic N) is 4. The number of benzene rings is 1. The molecule has 29 heavy (non-hydrogen) atoms. The molecule has 1 saturated heterocycles. The average molecular weight is 386 g/mol. The normalized spacial score (nSPS) is 17.2. The van der Waals surface area contributed by atoms with Crippen LogP contribution in [-0.4, -0.2) is 39.1 Å². The number of hydrogen-bond acceptors (Lipinski definition) is 5. The second-order valence-corrected chi connectivity index (χ2v) is 7.48. The molecule has 146 valence electrons. The van der Waals surface area contributed by atoms with Crippen molar-refractivity contribution in [2.75, 3.05) is 19.6 Å². The van der Waals surface area contributed by atoms with E-state index in [2.05, 4.69) is 27.0 Å². The maximum absolute atomic E-state index is 12.2. The second-order valence-electron chi connectivity index (χ2n) is 7.48. The van der Waals surface area contributed by atoms with Crippen molar-refractivity contribution in [1.82, 2.24) is 19.4 Å². The number of oxazole rings is 1. The van der Waals surface area contributed by atoms with E-state index in [0.29, 0.717) is 18.0 Å². The molecule has 0 radical (unpaired) electrons. The summed E-state index contributed by atoms with van der Waals surface area (Å²) < 4.78 is 7.07. The van der Waals surface area contributed by atoms with Crippen LogP contribution in [0, 0.1) is 0 Å². The van der Waals surface area contributed by atoms with E-state index < -0.39 is 0 Å². The zero-order valence-corrected chi connectivity index (χ0v) is 16.1. The van der Waals surface area contributed by atoms with Gasteiger partial charge in [-0.3, -0.25) is 14.5 Å². The quantitative estimate of drug-likeness (QED) is 0.525. The molecule has 1 atom stereocenters. The Labute approximate surface area is 168 Å². The van der Waals surface area contributed by atoms with Crippen LogP contribution in [0.5, 0.6) is 0 Å². The Bertz CT molecular complexity index is 1180. The summed E-state index contributed by atoms with van der Waals surface area (Å²) in [7, 11) is 0. The van der Waals surface area contributed by atoms with E-state index in [-0.39, 0.29) is 5.76 Å². The molecular weight excluding hydrogens is 364 g/mol. The van der Waals surface area contributed by atoms with Gasteiger partial charge in [0, 0.05) is 43.8 Å². The molecule has 1 aromatic carbocycles. The Hall–Kier alpha value is -3.25. The number of pyridine rings is 2. The van der Waals surface area contributed by atoms with E-state index >= 15 is 0 Å². The maximum atomic E-state index is 12.2. The van der Waals surface area contributed by atoms with Crippen LogP contribution in [0.3, 0.4) is 0 Å². The smallest absolute Gasteiger partial charge is 0.408 e. The molecule has 0 amide bonds. The first-order chi connectivity index (χ1) is 14.3. The summed E-state index contributed by atoms with van der Waals surface area (Å²) in [4.78, 5) is 23.2. The predicted octanol–water partition coefficient (Wildman–Crippen LogP) is 3.54. The third-order valence-electron chi connectivity index (χ3n) is 5.72. The lowest BCUT2D eigenvalue weighted by molar-refractivity contribution is 0.314. The molecule has 4 heterocycles. The summed E-state index contributed by atoms with van der Waals surface area (Å²) in [5.41, 5.74) is 4.91. The first-order valence-electron chi connectivity index (χ1n) is 9.95. The molecule has 1 unspecified atom stereocenters. The van der Waals surface area contributed by atoms with Gasteiger partial charge in [-0.15, -0.1) is 0 Å². The Morgan fingerprint density at radius 3 is 2.79 bits per heavy atom. The number of likely N-dealkylation sites (tertiary alicyclic amines) is 1. The minimum atomic E-state index is -0.280. The summed E-state index contributed by atoms with van der Waals surface area (Å²) in [5, 5.41) is 0. The molecule has 0 spiro atoms. The van der Waals surface area contributed by atoms with E-state index in [9.17, 15) is 4.79 Å². The van der Waals surface area contributed by atoms with Crippen LogP contribution in [0.2, 0.25) is 0 Å². The highest BCUT2D eigenvalue weighted by atomic mass is 16.4. The Morgan fingerprint density at radius 1 is 1.03 bits per heavy atom. The summed E-state index contributed by atoms with van der Waals surface area (Å²) >= 11 is 0. The van der Waals surface area contributed by atoms with Crippen molar-refractivity contribution in [3.05, 3.63) is 83.2 Å². The van der Waals surface area contributed by atoms with E-state index in [1.807, 2.05) is 42.6 Å². The highest BCUT2D eigenvalue weighted by Crippen LogP contribution is 2.29. The number of fused-ring (bicyclic) bond motifs is 1. The van der Waals surface area contributed by atoms with Crippen LogP contribution >= 0.6 is 0 Å². The van der Waals surface area contributed by atoms with E-state index in [1.54, 1.807) is 17.0 Å². The molecule has 6 nitrogen and oxygen atoms in total. The van der Waals surface area contributed by atoms with Crippen LogP contribution in [0.4, 0.5) is 0 Å². The van der Waals surface area contributed by atoms with Gasteiger partial charge < -0.3 is 9.32 Å². The Kier molecular flexibility index (Phi) is 4.69. The molecule has 6 heteroatoms. The van der Waals surface area contributed by atoms with Crippen LogP contribution in [0.1, 0.15) is 17.9 Å². The molecule has 4 aromatic rings. The van der Waals surface area contributed by atoms with E-state index in [0.717, 1.165) is 42.8 Å². The third-order valence-corrected chi connectivity index (χ3v) is 5.72. The number of rotatable bonds is 5. The molecule has 0 saturated carbocycles. The van der Waals surface area contributed by atoms with Crippen LogP contribution < -0.4 is 5.76 Å². The first-order valence-corrected chi connectivity index (χ1v) is 9.95. The largest absolute Gasteiger partial charge is 0.419 e. The van der Waals surface area contributed by atoms with Gasteiger partial charge in [-0.05, 0) is 60.8 Å². The van der Waals surface area contributed by atoms with Gasteiger partial charge in [0.2, 0.25) is 0 Å². The average Bonchev–Trinajstić information content (AvgIpc) is 3.37. The fraction of sp³-hybridized carbons (Fsp3) is 0.261. The molecule has 0 aliphatic carbocycles. The van der Waals surface area contributed by atoms with Crippen molar-refractivity contribution >= 4 is 11.1 Å². The van der Waals surface area contributed by atoms with Crippen molar-refractivity contribution < 1.29 is 4.42 Å². The highest BCUT2D eigenvalue weighted by molar-refractivity contribution is 5.72. The summed E-state index contributed by atoms with van der Waals surface area (Å²) in [6, 6.07) is 15.9. The molecule has 1 aliphatic rings. The van der Waals surface area contributed by atoms with Crippen molar-refractivity contribution in [3.63, 3.8) is 0 Å². The molecule has 1 fully saturated rings. The molecule has 5 rings (SSSR count). The highest BCUT2D eigenvalue weighted by Gasteiger charge is 2.24. The van der Waals surface area contributed by atoms with Gasteiger partial charge in [0.25, 0.3) is 0 Å². The van der Waals surface area contributed by atoms with Gasteiger partial charge in [0.1, 0.15) is 0 Å². The molecule has 0 N–H and O–H groups in total. The Morgan fingerprint density at radius 2 is 1.90 bits per heavy atom. The monoisotopic (exact) mass is 386 g/mol. The zero-order valence-electron chi connectivity index (χ0n) is 16.1. The summed E-state index contributed by atoms with van der Waals surface area (Å²) in [6.45, 7) is 3.50. The fourth-order valence-electron chi connectivity index (χ4n) is 4.16. The van der Waals surface area contributed by atoms with E-state index in [1.165, 1.54) is 5.56 Å². The van der Waals surface area contributed by atoms with Crippen molar-refractivity contribution in [2.45, 2.75) is 18.9 Å². The van der Waals surface area contributed by atoms with Crippen molar-refractivity contribution in [2.24, 2.45) is 0 Å². The Balaban J connectivity index is 1.27. The number of para-hydroxylation sites is 2. The number of aromatic nitrogens is 3. The molecule has 1 aliphatic heterocycles. The third kappa shape index (κ3) is 3.59.